The molecule has 11 aromatic rings. The molecule has 0 saturated heterocycles. The predicted molar refractivity (Wildman–Crippen MR) is 263 cm³/mol. The fourth-order valence-electron chi connectivity index (χ4n) is 9.76. The van der Waals surface area contributed by atoms with Crippen molar-refractivity contribution in [3.8, 4) is 50.5 Å². The summed E-state index contributed by atoms with van der Waals surface area (Å²) in [7, 11) is 0. The Labute approximate surface area is 368 Å². The predicted octanol–water partition coefficient (Wildman–Crippen LogP) is 16.1. The minimum absolute atomic E-state index is 0.594. The van der Waals surface area contributed by atoms with Gasteiger partial charge >= 0.3 is 0 Å². The van der Waals surface area contributed by atoms with E-state index >= 15 is 0 Å². The summed E-state index contributed by atoms with van der Waals surface area (Å²) < 4.78 is 8.93. The summed E-state index contributed by atoms with van der Waals surface area (Å²) in [6.45, 7) is 4.36. The van der Waals surface area contributed by atoms with E-state index < -0.39 is 5.41 Å². The Balaban J connectivity index is 0.00000107. The third kappa shape index (κ3) is 6.31. The molecule has 1 aliphatic rings. The van der Waals surface area contributed by atoms with Crippen molar-refractivity contribution in [2.45, 2.75) is 32.1 Å². The van der Waals surface area contributed by atoms with Crippen molar-refractivity contribution in [1.29, 1.82) is 0 Å². The maximum Gasteiger partial charge on any atom is 0.227 e. The van der Waals surface area contributed by atoms with Gasteiger partial charge in [0.1, 0.15) is 5.52 Å². The van der Waals surface area contributed by atoms with Gasteiger partial charge in [0.25, 0.3) is 0 Å². The van der Waals surface area contributed by atoms with Crippen LogP contribution in [0.15, 0.2) is 223 Å². The van der Waals surface area contributed by atoms with Crippen molar-refractivity contribution in [1.82, 2.24) is 9.55 Å². The Kier molecular flexibility index (Phi) is 9.66. The lowest BCUT2D eigenvalue weighted by molar-refractivity contribution is 0.618. The van der Waals surface area contributed by atoms with Crippen LogP contribution in [0.1, 0.15) is 48.9 Å². The van der Waals surface area contributed by atoms with Crippen molar-refractivity contribution in [3.05, 3.63) is 241 Å². The molecular weight excluding hydrogens is 765 g/mol. The molecule has 12 rings (SSSR count). The fraction of sp³-hybridized carbons (Fsp3) is 0.0833. The highest BCUT2D eigenvalue weighted by Gasteiger charge is 2.47. The minimum atomic E-state index is -0.594. The van der Waals surface area contributed by atoms with E-state index in [4.69, 9.17) is 9.40 Å². The van der Waals surface area contributed by atoms with Gasteiger partial charge in [0.2, 0.25) is 5.89 Å². The van der Waals surface area contributed by atoms with Gasteiger partial charge in [-0.25, -0.2) is 4.98 Å². The molecule has 1 unspecified atom stereocenters. The number of hydrogen-bond donors (Lipinski definition) is 0. The van der Waals surface area contributed by atoms with Crippen LogP contribution >= 0.6 is 0 Å². The number of fused-ring (bicyclic) bond motifs is 7. The Hall–Kier alpha value is -7.75. The van der Waals surface area contributed by atoms with Gasteiger partial charge in [0.15, 0.2) is 5.58 Å². The van der Waals surface area contributed by atoms with Crippen LogP contribution in [0.5, 0.6) is 0 Å². The highest BCUT2D eigenvalue weighted by molar-refractivity contribution is 6.11. The quantitative estimate of drug-likeness (QED) is 0.161. The van der Waals surface area contributed by atoms with E-state index in [1.54, 1.807) is 0 Å². The molecule has 0 aliphatic heterocycles. The lowest BCUT2D eigenvalue weighted by atomic mass is 9.67. The first kappa shape index (κ1) is 38.2. The SMILES string of the molecule is CCCC.c1ccc(-c2ccc(-n3c4ccccc4c4cc(-c5cccc6c5-c5ccccc5C6(c5ccccc5)c5ccc6nc(-c7ccccc7)oc6c5)ccc43)cc2)cc1. The largest absolute Gasteiger partial charge is 0.436 e. The number of rotatable bonds is 7. The summed E-state index contributed by atoms with van der Waals surface area (Å²) >= 11 is 0. The molecule has 1 atom stereocenters. The van der Waals surface area contributed by atoms with Gasteiger partial charge in [0.05, 0.1) is 16.4 Å². The molecule has 0 radical (unpaired) electrons. The molecule has 3 nitrogen and oxygen atoms in total. The average Bonchev–Trinajstić information content (AvgIpc) is 4.04. The number of nitrogens with zero attached hydrogens (tertiary/aromatic N) is 2. The number of benzene rings is 9. The second-order valence-corrected chi connectivity index (χ2v) is 16.5. The lowest BCUT2D eigenvalue weighted by Gasteiger charge is -2.33. The van der Waals surface area contributed by atoms with Gasteiger partial charge in [-0.05, 0) is 110 Å². The van der Waals surface area contributed by atoms with Crippen LogP contribution < -0.4 is 0 Å². The molecule has 0 bridgehead atoms. The minimum Gasteiger partial charge on any atom is -0.436 e. The Morgan fingerprint density at radius 1 is 0.444 bits per heavy atom. The van der Waals surface area contributed by atoms with Gasteiger partial charge in [-0.1, -0.05) is 190 Å². The summed E-state index contributed by atoms with van der Waals surface area (Å²) in [4.78, 5) is 4.90. The standard InChI is InChI=1S/C56H36N2O.C4H10/c1-4-15-37(16-5-1)38-27-31-43(32-28-38)58-51-26-13-11-21-45(51)47-35-40(29-34-52(47)58)44-23-14-25-49-54(44)46-22-10-12-24-48(46)56(49,41-19-8-3-9-20-41)42-30-33-50-53(36-42)59-55(57-50)39-17-6-2-7-18-39;1-3-4-2/h1-36H;3-4H2,1-2H3. The molecule has 0 saturated carbocycles. The van der Waals surface area contributed by atoms with E-state index in [0.29, 0.717) is 5.89 Å². The second-order valence-electron chi connectivity index (χ2n) is 16.5. The zero-order chi connectivity index (χ0) is 42.3. The van der Waals surface area contributed by atoms with Crippen LogP contribution in [0.25, 0.3) is 83.4 Å². The van der Waals surface area contributed by atoms with Crippen molar-refractivity contribution in [2.75, 3.05) is 0 Å². The average molecular weight is 811 g/mol. The first-order valence-corrected chi connectivity index (χ1v) is 22.1. The number of hydrogen-bond acceptors (Lipinski definition) is 2. The molecule has 2 heterocycles. The molecule has 0 amide bonds. The molecule has 2 aromatic heterocycles. The van der Waals surface area contributed by atoms with Crippen LogP contribution in [0.3, 0.4) is 0 Å². The van der Waals surface area contributed by atoms with Crippen molar-refractivity contribution >= 4 is 32.9 Å². The molecule has 9 aromatic carbocycles. The molecule has 3 heteroatoms. The van der Waals surface area contributed by atoms with E-state index in [-0.39, 0.29) is 0 Å². The number of aromatic nitrogens is 2. The molecular formula is C60H46N2O. The Morgan fingerprint density at radius 3 is 1.81 bits per heavy atom. The maximum atomic E-state index is 6.53. The summed E-state index contributed by atoms with van der Waals surface area (Å²) in [6.07, 6.45) is 2.64. The first-order valence-electron chi connectivity index (χ1n) is 22.1. The van der Waals surface area contributed by atoms with E-state index in [1.807, 2.05) is 30.3 Å². The number of oxazole rings is 1. The third-order valence-corrected chi connectivity index (χ3v) is 12.8. The second kappa shape index (κ2) is 15.9. The van der Waals surface area contributed by atoms with E-state index in [2.05, 4.69) is 206 Å². The van der Waals surface area contributed by atoms with Gasteiger partial charge in [-0.3, -0.25) is 0 Å². The van der Waals surface area contributed by atoms with Crippen molar-refractivity contribution < 1.29 is 4.42 Å². The summed E-state index contributed by atoms with van der Waals surface area (Å²) in [6, 6.07) is 78.8. The summed E-state index contributed by atoms with van der Waals surface area (Å²) in [5.41, 5.74) is 17.7. The third-order valence-electron chi connectivity index (χ3n) is 12.8. The Bertz CT molecular complexity index is 3400. The maximum absolute atomic E-state index is 6.53. The molecule has 302 valence electrons. The van der Waals surface area contributed by atoms with Gasteiger partial charge in [-0.15, -0.1) is 0 Å². The summed E-state index contributed by atoms with van der Waals surface area (Å²) in [5, 5.41) is 2.46. The van der Waals surface area contributed by atoms with Crippen LogP contribution in [0, 0.1) is 0 Å². The zero-order valence-electron chi connectivity index (χ0n) is 35.5. The molecule has 0 spiro atoms. The lowest BCUT2D eigenvalue weighted by Crippen LogP contribution is -2.28. The molecule has 0 fully saturated rings. The van der Waals surface area contributed by atoms with Gasteiger partial charge in [0, 0.05) is 22.0 Å². The Morgan fingerprint density at radius 2 is 1.05 bits per heavy atom. The van der Waals surface area contributed by atoms with E-state index in [9.17, 15) is 0 Å². The van der Waals surface area contributed by atoms with E-state index in [1.165, 1.54) is 84.7 Å². The van der Waals surface area contributed by atoms with Crippen LogP contribution in [0.4, 0.5) is 0 Å². The normalized spacial score (nSPS) is 14.1. The van der Waals surface area contributed by atoms with E-state index in [0.717, 1.165) is 27.9 Å². The van der Waals surface area contributed by atoms with Crippen LogP contribution in [-0.4, -0.2) is 9.55 Å². The molecule has 0 N–H and O–H groups in total. The zero-order valence-corrected chi connectivity index (χ0v) is 35.5. The highest BCUT2D eigenvalue weighted by atomic mass is 16.3. The molecule has 63 heavy (non-hydrogen) atoms. The first-order chi connectivity index (χ1) is 31.2. The van der Waals surface area contributed by atoms with Gasteiger partial charge < -0.3 is 8.98 Å². The van der Waals surface area contributed by atoms with Gasteiger partial charge in [-0.2, -0.15) is 0 Å². The number of unbranched alkanes of at least 4 members (excludes halogenated alkanes) is 1. The topological polar surface area (TPSA) is 31.0 Å². The highest BCUT2D eigenvalue weighted by Crippen LogP contribution is 2.58. The molecule has 1 aliphatic carbocycles. The van der Waals surface area contributed by atoms with Crippen LogP contribution in [0.2, 0.25) is 0 Å². The summed E-state index contributed by atoms with van der Waals surface area (Å²) in [5.74, 6) is 0.627. The monoisotopic (exact) mass is 810 g/mol. The van der Waals surface area contributed by atoms with Crippen molar-refractivity contribution in [2.24, 2.45) is 0 Å². The fourth-order valence-corrected chi connectivity index (χ4v) is 9.76. The number of para-hydroxylation sites is 1. The van der Waals surface area contributed by atoms with Crippen LogP contribution in [-0.2, 0) is 5.41 Å². The van der Waals surface area contributed by atoms with Crippen molar-refractivity contribution in [3.63, 3.8) is 0 Å². The smallest absolute Gasteiger partial charge is 0.227 e.